The summed E-state index contributed by atoms with van der Waals surface area (Å²) < 4.78 is 18.8. The summed E-state index contributed by atoms with van der Waals surface area (Å²) in [6.07, 6.45) is 1.73. The number of halogens is 1. The van der Waals surface area contributed by atoms with Gasteiger partial charge >= 0.3 is 0 Å². The zero-order chi connectivity index (χ0) is 11.5. The molecule has 1 fully saturated rings. The molecule has 1 heterocycles. The molecule has 88 valence electrons. The van der Waals surface area contributed by atoms with Crippen LogP contribution in [-0.2, 0) is 0 Å². The molecule has 1 saturated heterocycles. The van der Waals surface area contributed by atoms with E-state index in [4.69, 9.17) is 10.5 Å². The van der Waals surface area contributed by atoms with Crippen molar-refractivity contribution >= 4 is 0 Å². The molecular formula is C12H17FN2O. The minimum absolute atomic E-state index is 0.0228. The Bertz CT molecular complexity index is 370. The van der Waals surface area contributed by atoms with Crippen molar-refractivity contribution in [3.63, 3.8) is 0 Å². The van der Waals surface area contributed by atoms with Crippen molar-refractivity contribution in [1.82, 2.24) is 5.32 Å². The van der Waals surface area contributed by atoms with Crippen LogP contribution < -0.4 is 15.8 Å². The van der Waals surface area contributed by atoms with E-state index in [1.54, 1.807) is 12.1 Å². The molecule has 3 N–H and O–H groups in total. The fourth-order valence-corrected chi connectivity index (χ4v) is 2.10. The van der Waals surface area contributed by atoms with Gasteiger partial charge in [-0.05, 0) is 25.5 Å². The molecule has 0 bridgehead atoms. The largest absolute Gasteiger partial charge is 0.497 e. The van der Waals surface area contributed by atoms with Crippen LogP contribution in [-0.4, -0.2) is 19.7 Å². The maximum Gasteiger partial charge on any atom is 0.131 e. The Hall–Kier alpha value is -1.13. The highest BCUT2D eigenvalue weighted by Gasteiger charge is 2.22. The monoisotopic (exact) mass is 224 g/mol. The topological polar surface area (TPSA) is 47.3 Å². The van der Waals surface area contributed by atoms with Crippen LogP contribution in [0, 0.1) is 5.82 Å². The van der Waals surface area contributed by atoms with Gasteiger partial charge in [0, 0.05) is 23.7 Å². The summed E-state index contributed by atoms with van der Waals surface area (Å²) in [7, 11) is 1.53. The Morgan fingerprint density at radius 1 is 1.50 bits per heavy atom. The number of nitrogens with two attached hydrogens (primary N) is 1. The van der Waals surface area contributed by atoms with Crippen molar-refractivity contribution in [2.45, 2.75) is 24.9 Å². The van der Waals surface area contributed by atoms with Gasteiger partial charge in [0.25, 0.3) is 0 Å². The lowest BCUT2D eigenvalue weighted by atomic mass is 9.94. The summed E-state index contributed by atoms with van der Waals surface area (Å²) in [5.41, 5.74) is 6.56. The number of hydrogen-bond acceptors (Lipinski definition) is 3. The van der Waals surface area contributed by atoms with E-state index in [1.165, 1.54) is 13.2 Å². The number of rotatable bonds is 2. The molecule has 1 aliphatic heterocycles. The molecule has 1 aromatic carbocycles. The van der Waals surface area contributed by atoms with Crippen LogP contribution in [0.25, 0.3) is 0 Å². The summed E-state index contributed by atoms with van der Waals surface area (Å²) in [6, 6.07) is 5.14. The number of benzene rings is 1. The van der Waals surface area contributed by atoms with Gasteiger partial charge < -0.3 is 15.8 Å². The first-order valence-corrected chi connectivity index (χ1v) is 5.53. The summed E-state index contributed by atoms with van der Waals surface area (Å²) in [5, 5.41) is 3.28. The second kappa shape index (κ2) is 4.80. The highest BCUT2D eigenvalue weighted by atomic mass is 19.1. The van der Waals surface area contributed by atoms with Gasteiger partial charge in [-0.2, -0.15) is 0 Å². The molecule has 3 nitrogen and oxygen atoms in total. The summed E-state index contributed by atoms with van der Waals surface area (Å²) in [4.78, 5) is 0. The van der Waals surface area contributed by atoms with E-state index in [2.05, 4.69) is 5.32 Å². The smallest absolute Gasteiger partial charge is 0.131 e. The zero-order valence-electron chi connectivity index (χ0n) is 9.37. The predicted octanol–water partition coefficient (Wildman–Crippen LogP) is 1.59. The van der Waals surface area contributed by atoms with E-state index in [9.17, 15) is 4.39 Å². The standard InChI is InChI=1S/C12H17FN2O/c1-16-9-2-3-10(11(13)7-9)12-6-8(14)4-5-15-12/h2-3,7-8,12,15H,4-6,14H2,1H3. The van der Waals surface area contributed by atoms with Crippen LogP contribution in [0.5, 0.6) is 5.75 Å². The second-order valence-electron chi connectivity index (χ2n) is 4.18. The molecule has 4 heteroatoms. The fraction of sp³-hybridized carbons (Fsp3) is 0.500. The van der Waals surface area contributed by atoms with Gasteiger partial charge in [-0.1, -0.05) is 6.07 Å². The van der Waals surface area contributed by atoms with Crippen molar-refractivity contribution in [3.8, 4) is 5.75 Å². The van der Waals surface area contributed by atoms with Crippen molar-refractivity contribution in [2.24, 2.45) is 5.73 Å². The zero-order valence-corrected chi connectivity index (χ0v) is 9.37. The van der Waals surface area contributed by atoms with Crippen molar-refractivity contribution in [1.29, 1.82) is 0 Å². The first kappa shape index (κ1) is 11.4. The Morgan fingerprint density at radius 2 is 2.31 bits per heavy atom. The van der Waals surface area contributed by atoms with Crippen molar-refractivity contribution in [2.75, 3.05) is 13.7 Å². The first-order valence-electron chi connectivity index (χ1n) is 5.53. The lowest BCUT2D eigenvalue weighted by Gasteiger charge is -2.28. The Morgan fingerprint density at radius 3 is 2.94 bits per heavy atom. The average molecular weight is 224 g/mol. The normalized spacial score (nSPS) is 25.4. The lowest BCUT2D eigenvalue weighted by Crippen LogP contribution is -2.38. The maximum absolute atomic E-state index is 13.8. The third kappa shape index (κ3) is 2.33. The van der Waals surface area contributed by atoms with E-state index in [0.29, 0.717) is 11.3 Å². The van der Waals surface area contributed by atoms with Crippen LogP contribution in [0.3, 0.4) is 0 Å². The van der Waals surface area contributed by atoms with Crippen molar-refractivity contribution in [3.05, 3.63) is 29.6 Å². The predicted molar refractivity (Wildman–Crippen MR) is 60.9 cm³/mol. The maximum atomic E-state index is 13.8. The first-order chi connectivity index (χ1) is 7.70. The van der Waals surface area contributed by atoms with Crippen LogP contribution in [0.1, 0.15) is 24.4 Å². The van der Waals surface area contributed by atoms with E-state index in [0.717, 1.165) is 19.4 Å². The van der Waals surface area contributed by atoms with E-state index in [1.807, 2.05) is 0 Å². The SMILES string of the molecule is COc1ccc(C2CC(N)CCN2)c(F)c1. The van der Waals surface area contributed by atoms with Gasteiger partial charge in [0.05, 0.1) is 7.11 Å². The van der Waals surface area contributed by atoms with Gasteiger partial charge in [-0.3, -0.25) is 0 Å². The fourth-order valence-electron chi connectivity index (χ4n) is 2.10. The molecule has 16 heavy (non-hydrogen) atoms. The highest BCUT2D eigenvalue weighted by molar-refractivity contribution is 5.31. The molecule has 2 atom stereocenters. The molecule has 1 aromatic rings. The third-order valence-corrected chi connectivity index (χ3v) is 3.03. The minimum Gasteiger partial charge on any atom is -0.497 e. The van der Waals surface area contributed by atoms with E-state index in [-0.39, 0.29) is 17.9 Å². The van der Waals surface area contributed by atoms with Gasteiger partial charge in [-0.25, -0.2) is 4.39 Å². The Balaban J connectivity index is 2.19. The van der Waals surface area contributed by atoms with E-state index >= 15 is 0 Å². The summed E-state index contributed by atoms with van der Waals surface area (Å²) in [5.74, 6) is 0.312. The third-order valence-electron chi connectivity index (χ3n) is 3.03. The molecule has 0 amide bonds. The van der Waals surface area contributed by atoms with E-state index < -0.39 is 0 Å². The molecule has 0 saturated carbocycles. The molecule has 1 aliphatic rings. The Kier molecular flexibility index (Phi) is 3.41. The number of hydrogen-bond donors (Lipinski definition) is 2. The number of piperidine rings is 1. The minimum atomic E-state index is -0.231. The molecule has 0 aliphatic carbocycles. The average Bonchev–Trinajstić information content (AvgIpc) is 2.28. The van der Waals surface area contributed by atoms with Gasteiger partial charge in [0.2, 0.25) is 0 Å². The van der Waals surface area contributed by atoms with Crippen LogP contribution in [0.4, 0.5) is 4.39 Å². The van der Waals surface area contributed by atoms with Crippen molar-refractivity contribution < 1.29 is 9.13 Å². The quantitative estimate of drug-likeness (QED) is 0.802. The summed E-state index contributed by atoms with van der Waals surface area (Å²) >= 11 is 0. The molecule has 0 radical (unpaired) electrons. The Labute approximate surface area is 94.8 Å². The molecular weight excluding hydrogens is 207 g/mol. The van der Waals surface area contributed by atoms with Crippen LogP contribution in [0.2, 0.25) is 0 Å². The molecule has 2 rings (SSSR count). The summed E-state index contributed by atoms with van der Waals surface area (Å²) in [6.45, 7) is 0.845. The molecule has 0 aromatic heterocycles. The van der Waals surface area contributed by atoms with Gasteiger partial charge in [0.15, 0.2) is 0 Å². The van der Waals surface area contributed by atoms with Crippen LogP contribution >= 0.6 is 0 Å². The number of nitrogens with one attached hydrogen (secondary N) is 1. The van der Waals surface area contributed by atoms with Gasteiger partial charge in [-0.15, -0.1) is 0 Å². The lowest BCUT2D eigenvalue weighted by molar-refractivity contribution is 0.359. The molecule has 2 unspecified atom stereocenters. The van der Waals surface area contributed by atoms with Gasteiger partial charge in [0.1, 0.15) is 11.6 Å². The number of methoxy groups -OCH3 is 1. The highest BCUT2D eigenvalue weighted by Crippen LogP contribution is 2.27. The van der Waals surface area contributed by atoms with Crippen LogP contribution in [0.15, 0.2) is 18.2 Å². The molecule has 0 spiro atoms. The second-order valence-corrected chi connectivity index (χ2v) is 4.18. The number of ether oxygens (including phenoxy) is 1.